The summed E-state index contributed by atoms with van der Waals surface area (Å²) in [6, 6.07) is 12.7. The van der Waals surface area contributed by atoms with Gasteiger partial charge in [0.15, 0.2) is 0 Å². The summed E-state index contributed by atoms with van der Waals surface area (Å²) in [7, 11) is 0. The molecule has 0 saturated heterocycles. The molecule has 0 atom stereocenters. The Kier molecular flexibility index (Phi) is 7.44. The first-order chi connectivity index (χ1) is 12.6. The zero-order valence-corrected chi connectivity index (χ0v) is 14.1. The molecule has 4 N–H and O–H groups in total. The first-order valence-electron chi connectivity index (χ1n) is 7.44. The van der Waals surface area contributed by atoms with Crippen molar-refractivity contribution >= 4 is 23.9 Å². The molecule has 0 aromatic heterocycles. The molecule has 0 amide bonds. The van der Waals surface area contributed by atoms with Crippen LogP contribution in [0.3, 0.4) is 0 Å². The average molecular weight is 372 g/mol. The van der Waals surface area contributed by atoms with Crippen LogP contribution in [0.4, 0.5) is 0 Å². The van der Waals surface area contributed by atoms with Gasteiger partial charge in [-0.25, -0.2) is 19.2 Å². The lowest BCUT2D eigenvalue weighted by molar-refractivity contribution is -0.135. The maximum atomic E-state index is 11.1. The number of hydrogen-bond acceptors (Lipinski definition) is 4. The van der Waals surface area contributed by atoms with E-state index in [2.05, 4.69) is 0 Å². The summed E-state index contributed by atoms with van der Waals surface area (Å²) in [6.45, 7) is 1.22. The molecule has 0 bridgehead atoms. The second kappa shape index (κ2) is 9.52. The van der Waals surface area contributed by atoms with Crippen LogP contribution in [-0.2, 0) is 9.59 Å². The van der Waals surface area contributed by atoms with Crippen molar-refractivity contribution in [1.29, 1.82) is 0 Å². The van der Waals surface area contributed by atoms with Crippen LogP contribution in [0.5, 0.6) is 0 Å². The fourth-order valence-corrected chi connectivity index (χ4v) is 2.06. The molecular weight excluding hydrogens is 356 g/mol. The molecule has 0 heterocycles. The molecule has 0 saturated carbocycles. The molecule has 2 rings (SSSR count). The van der Waals surface area contributed by atoms with E-state index in [4.69, 9.17) is 20.4 Å². The smallest absolute Gasteiger partial charge is 0.336 e. The van der Waals surface area contributed by atoms with E-state index in [1.54, 1.807) is 36.4 Å². The fraction of sp³-hybridized carbons (Fsp3) is 0.0526. The Labute approximate surface area is 153 Å². The highest BCUT2D eigenvalue weighted by atomic mass is 16.4. The summed E-state index contributed by atoms with van der Waals surface area (Å²) in [5.41, 5.74) is 0.811. The molecule has 0 aliphatic carbocycles. The van der Waals surface area contributed by atoms with E-state index in [-0.39, 0.29) is 16.7 Å². The van der Waals surface area contributed by atoms with Crippen LogP contribution in [-0.4, -0.2) is 44.3 Å². The lowest BCUT2D eigenvalue weighted by Crippen LogP contribution is -2.03. The monoisotopic (exact) mass is 372 g/mol. The van der Waals surface area contributed by atoms with Gasteiger partial charge in [0.1, 0.15) is 0 Å². The second-order valence-electron chi connectivity index (χ2n) is 5.17. The van der Waals surface area contributed by atoms with Gasteiger partial charge < -0.3 is 20.4 Å². The molecule has 0 fully saturated rings. The zero-order chi connectivity index (χ0) is 20.6. The van der Waals surface area contributed by atoms with Gasteiger partial charge >= 0.3 is 23.9 Å². The molecule has 8 nitrogen and oxygen atoms in total. The lowest BCUT2D eigenvalue weighted by Gasteiger charge is -2.08. The Hall–Kier alpha value is -3.94. The minimum Gasteiger partial charge on any atom is -0.478 e. The van der Waals surface area contributed by atoms with Crippen molar-refractivity contribution in [2.24, 2.45) is 0 Å². The predicted octanol–water partition coefficient (Wildman–Crippen LogP) is 2.85. The van der Waals surface area contributed by atoms with Gasteiger partial charge in [0, 0.05) is 11.6 Å². The van der Waals surface area contributed by atoms with Crippen molar-refractivity contribution in [2.75, 3.05) is 0 Å². The number of carbonyl (C=O) groups is 4. The normalized spacial score (nSPS) is 10.3. The van der Waals surface area contributed by atoms with Crippen molar-refractivity contribution < 1.29 is 39.6 Å². The SMILES string of the molecule is C/C(=C/C(=O)O)C(=O)O.O=C(O)c1ccccc1-c1ccccc1C(=O)O. The number of carboxylic acids is 4. The quantitative estimate of drug-likeness (QED) is 0.585. The highest BCUT2D eigenvalue weighted by Gasteiger charge is 2.16. The van der Waals surface area contributed by atoms with Crippen LogP contribution in [0.25, 0.3) is 11.1 Å². The highest BCUT2D eigenvalue weighted by molar-refractivity contribution is 6.02. The summed E-state index contributed by atoms with van der Waals surface area (Å²) in [4.78, 5) is 41.9. The minimum absolute atomic E-state index is 0.0891. The Bertz CT molecular complexity index is 856. The van der Waals surface area contributed by atoms with E-state index in [1.165, 1.54) is 19.1 Å². The Morgan fingerprint density at radius 1 is 0.704 bits per heavy atom. The van der Waals surface area contributed by atoms with Crippen LogP contribution < -0.4 is 0 Å². The summed E-state index contributed by atoms with van der Waals surface area (Å²) in [6.07, 6.45) is 0.641. The molecule has 0 unspecified atom stereocenters. The van der Waals surface area contributed by atoms with E-state index in [0.717, 1.165) is 0 Å². The van der Waals surface area contributed by atoms with E-state index in [9.17, 15) is 19.2 Å². The predicted molar refractivity (Wildman–Crippen MR) is 94.8 cm³/mol. The number of aliphatic carboxylic acids is 2. The molecule has 0 spiro atoms. The molecule has 0 aliphatic heterocycles. The second-order valence-corrected chi connectivity index (χ2v) is 5.17. The summed E-state index contributed by atoms with van der Waals surface area (Å²) < 4.78 is 0. The molecular formula is C19H16O8. The number of aromatic carboxylic acids is 2. The fourth-order valence-electron chi connectivity index (χ4n) is 2.06. The van der Waals surface area contributed by atoms with Crippen molar-refractivity contribution in [2.45, 2.75) is 6.92 Å². The summed E-state index contributed by atoms with van der Waals surface area (Å²) >= 11 is 0. The zero-order valence-electron chi connectivity index (χ0n) is 14.1. The third-order valence-corrected chi connectivity index (χ3v) is 3.28. The molecule has 0 radical (unpaired) electrons. The molecule has 8 heteroatoms. The van der Waals surface area contributed by atoms with Crippen LogP contribution >= 0.6 is 0 Å². The largest absolute Gasteiger partial charge is 0.478 e. The minimum atomic E-state index is -1.24. The van der Waals surface area contributed by atoms with E-state index in [0.29, 0.717) is 17.2 Å². The van der Waals surface area contributed by atoms with Gasteiger partial charge in [-0.2, -0.15) is 0 Å². The molecule has 2 aromatic rings. The van der Waals surface area contributed by atoms with Gasteiger partial charge in [0.05, 0.1) is 11.1 Å². The average Bonchev–Trinajstić information content (AvgIpc) is 2.61. The molecule has 2 aromatic carbocycles. The van der Waals surface area contributed by atoms with E-state index in [1.807, 2.05) is 0 Å². The summed E-state index contributed by atoms with van der Waals surface area (Å²) in [5, 5.41) is 34.3. The lowest BCUT2D eigenvalue weighted by atomic mass is 9.95. The first-order valence-corrected chi connectivity index (χ1v) is 7.44. The standard InChI is InChI=1S/C14H10O4.C5H6O4/c15-13(16)11-7-3-1-5-9(11)10-6-2-4-8-12(10)14(17)18;1-3(5(8)9)2-4(6)7/h1-8H,(H,15,16)(H,17,18);2H,1H3,(H,6,7)(H,8,9)/b;3-2-. The Morgan fingerprint density at radius 3 is 1.33 bits per heavy atom. The number of hydrogen-bond donors (Lipinski definition) is 4. The van der Waals surface area contributed by atoms with Crippen LogP contribution in [0, 0.1) is 0 Å². The van der Waals surface area contributed by atoms with E-state index < -0.39 is 23.9 Å². The Morgan fingerprint density at radius 2 is 1.07 bits per heavy atom. The number of benzene rings is 2. The molecule has 0 aliphatic rings. The van der Waals surface area contributed by atoms with Gasteiger partial charge in [0.2, 0.25) is 0 Å². The molecule has 140 valence electrons. The molecule has 27 heavy (non-hydrogen) atoms. The first kappa shape index (κ1) is 21.1. The number of rotatable bonds is 5. The van der Waals surface area contributed by atoms with Crippen LogP contribution in [0.1, 0.15) is 27.6 Å². The van der Waals surface area contributed by atoms with Gasteiger partial charge in [0.25, 0.3) is 0 Å². The maximum Gasteiger partial charge on any atom is 0.336 e. The maximum absolute atomic E-state index is 11.1. The van der Waals surface area contributed by atoms with Crippen molar-refractivity contribution in [1.82, 2.24) is 0 Å². The highest BCUT2D eigenvalue weighted by Crippen LogP contribution is 2.27. The van der Waals surface area contributed by atoms with E-state index >= 15 is 0 Å². The van der Waals surface area contributed by atoms with Crippen molar-refractivity contribution in [3.05, 3.63) is 71.3 Å². The summed E-state index contributed by atoms with van der Waals surface area (Å²) in [5.74, 6) is -4.61. The third kappa shape index (κ3) is 6.13. The van der Waals surface area contributed by atoms with Gasteiger partial charge in [-0.3, -0.25) is 0 Å². The van der Waals surface area contributed by atoms with Gasteiger partial charge in [-0.1, -0.05) is 36.4 Å². The Balaban J connectivity index is 0.000000345. The van der Waals surface area contributed by atoms with Crippen molar-refractivity contribution in [3.8, 4) is 11.1 Å². The third-order valence-electron chi connectivity index (χ3n) is 3.28. The topological polar surface area (TPSA) is 149 Å². The van der Waals surface area contributed by atoms with Gasteiger partial charge in [-0.15, -0.1) is 0 Å². The van der Waals surface area contributed by atoms with Crippen LogP contribution in [0.2, 0.25) is 0 Å². The number of carboxylic acid groups (broad SMARTS) is 4. The van der Waals surface area contributed by atoms with Crippen LogP contribution in [0.15, 0.2) is 60.2 Å². The van der Waals surface area contributed by atoms with Gasteiger partial charge in [-0.05, 0) is 30.2 Å². The van der Waals surface area contributed by atoms with Crippen molar-refractivity contribution in [3.63, 3.8) is 0 Å².